The highest BCUT2D eigenvalue weighted by molar-refractivity contribution is 6.31. The summed E-state index contributed by atoms with van der Waals surface area (Å²) in [6.45, 7) is 8.52. The number of nitrogens with one attached hydrogen (secondary N) is 1. The third-order valence-electron chi connectivity index (χ3n) is 5.90. The lowest BCUT2D eigenvalue weighted by atomic mass is 9.95. The van der Waals surface area contributed by atoms with Gasteiger partial charge in [-0.3, -0.25) is 9.69 Å². The average molecular weight is 454 g/mol. The molecule has 0 aliphatic carbocycles. The second kappa shape index (κ2) is 10.2. The minimum Gasteiger partial charge on any atom is -0.444 e. The summed E-state index contributed by atoms with van der Waals surface area (Å²) in [6, 6.07) is 4.41. The molecule has 1 aromatic rings. The molecule has 172 valence electrons. The van der Waals surface area contributed by atoms with Gasteiger partial charge in [0, 0.05) is 36.1 Å². The van der Waals surface area contributed by atoms with E-state index in [-0.39, 0.29) is 29.8 Å². The van der Waals surface area contributed by atoms with Gasteiger partial charge in [0.2, 0.25) is 5.91 Å². The van der Waals surface area contributed by atoms with Gasteiger partial charge in [0.25, 0.3) is 0 Å². The van der Waals surface area contributed by atoms with Crippen molar-refractivity contribution in [3.63, 3.8) is 0 Å². The number of rotatable bonds is 5. The first kappa shape index (κ1) is 23.8. The number of amides is 2. The molecule has 0 bridgehead atoms. The van der Waals surface area contributed by atoms with E-state index < -0.39 is 5.60 Å². The Hall–Kier alpha value is -1.86. The topological polar surface area (TPSA) is 61.9 Å². The maximum Gasteiger partial charge on any atom is 0.410 e. The van der Waals surface area contributed by atoms with Gasteiger partial charge in [0.15, 0.2) is 0 Å². The van der Waals surface area contributed by atoms with E-state index in [9.17, 15) is 14.0 Å². The summed E-state index contributed by atoms with van der Waals surface area (Å²) in [6.07, 6.45) is 2.94. The van der Waals surface area contributed by atoms with Crippen LogP contribution in [0.1, 0.15) is 58.1 Å². The van der Waals surface area contributed by atoms with E-state index >= 15 is 0 Å². The van der Waals surface area contributed by atoms with Crippen LogP contribution in [0.25, 0.3) is 0 Å². The number of carbonyl (C=O) groups excluding carboxylic acids is 2. The van der Waals surface area contributed by atoms with Crippen LogP contribution >= 0.6 is 11.6 Å². The number of ether oxygens (including phenoxy) is 1. The van der Waals surface area contributed by atoms with Crippen molar-refractivity contribution in [2.24, 2.45) is 5.92 Å². The Kier molecular flexibility index (Phi) is 7.81. The fourth-order valence-electron chi connectivity index (χ4n) is 4.29. The van der Waals surface area contributed by atoms with Crippen LogP contribution < -0.4 is 5.32 Å². The van der Waals surface area contributed by atoms with Crippen molar-refractivity contribution in [3.05, 3.63) is 34.6 Å². The van der Waals surface area contributed by atoms with E-state index in [0.29, 0.717) is 43.1 Å². The van der Waals surface area contributed by atoms with E-state index in [1.807, 2.05) is 20.8 Å². The number of halogens is 2. The number of nitrogens with zero attached hydrogens (tertiary/aromatic N) is 2. The molecule has 1 atom stereocenters. The quantitative estimate of drug-likeness (QED) is 0.718. The molecule has 31 heavy (non-hydrogen) atoms. The molecular weight excluding hydrogens is 421 g/mol. The van der Waals surface area contributed by atoms with Gasteiger partial charge < -0.3 is 15.0 Å². The van der Waals surface area contributed by atoms with Gasteiger partial charge in [0.05, 0.1) is 6.04 Å². The number of benzene rings is 1. The molecule has 6 nitrogen and oxygen atoms in total. The zero-order chi connectivity index (χ0) is 22.6. The van der Waals surface area contributed by atoms with Crippen molar-refractivity contribution in [2.45, 2.75) is 58.1 Å². The molecule has 8 heteroatoms. The molecule has 0 radical (unpaired) electrons. The molecule has 0 aromatic heterocycles. The highest BCUT2D eigenvalue weighted by Crippen LogP contribution is 2.32. The normalized spacial score (nSPS) is 19.3. The zero-order valence-electron chi connectivity index (χ0n) is 18.6. The number of likely N-dealkylation sites (tertiary alicyclic amines) is 2. The molecule has 2 amide bonds. The first-order valence-corrected chi connectivity index (χ1v) is 11.5. The lowest BCUT2D eigenvalue weighted by molar-refractivity contribution is -0.126. The molecule has 3 rings (SSSR count). The van der Waals surface area contributed by atoms with Gasteiger partial charge in [-0.05, 0) is 71.7 Å². The second-order valence-electron chi connectivity index (χ2n) is 9.38. The van der Waals surface area contributed by atoms with E-state index in [0.717, 1.165) is 25.9 Å². The SMILES string of the molecule is CC(C)(C)OC(=O)N1CCC(C(=O)NCC(c2c(F)cccc2Cl)N2CCCC2)CC1. The van der Waals surface area contributed by atoms with Gasteiger partial charge in [0.1, 0.15) is 11.4 Å². The van der Waals surface area contributed by atoms with Gasteiger partial charge in [-0.2, -0.15) is 0 Å². The van der Waals surface area contributed by atoms with E-state index in [1.54, 1.807) is 17.0 Å². The Morgan fingerprint density at radius 3 is 2.42 bits per heavy atom. The molecule has 1 N–H and O–H groups in total. The number of hydrogen-bond donors (Lipinski definition) is 1. The third kappa shape index (κ3) is 6.32. The molecule has 1 aromatic carbocycles. The molecule has 2 aliphatic heterocycles. The smallest absolute Gasteiger partial charge is 0.410 e. The van der Waals surface area contributed by atoms with Crippen LogP contribution in [0.4, 0.5) is 9.18 Å². The Balaban J connectivity index is 1.58. The van der Waals surface area contributed by atoms with Crippen molar-refractivity contribution in [1.82, 2.24) is 15.1 Å². The highest BCUT2D eigenvalue weighted by atomic mass is 35.5. The highest BCUT2D eigenvalue weighted by Gasteiger charge is 2.32. The van der Waals surface area contributed by atoms with E-state index in [4.69, 9.17) is 16.3 Å². The van der Waals surface area contributed by atoms with Crippen LogP contribution in [0, 0.1) is 11.7 Å². The largest absolute Gasteiger partial charge is 0.444 e. The first-order valence-electron chi connectivity index (χ1n) is 11.1. The molecule has 2 saturated heterocycles. The average Bonchev–Trinajstić information content (AvgIpc) is 3.23. The molecule has 2 aliphatic rings. The first-order chi connectivity index (χ1) is 14.7. The lowest BCUT2D eigenvalue weighted by Gasteiger charge is -2.33. The summed E-state index contributed by atoms with van der Waals surface area (Å²) < 4.78 is 20.0. The summed E-state index contributed by atoms with van der Waals surface area (Å²) in [5.41, 5.74) is -0.0877. The Bertz CT molecular complexity index is 765. The number of carbonyl (C=O) groups is 2. The fourth-order valence-corrected chi connectivity index (χ4v) is 4.58. The Morgan fingerprint density at radius 1 is 1.19 bits per heavy atom. The predicted molar refractivity (Wildman–Crippen MR) is 118 cm³/mol. The van der Waals surface area contributed by atoms with Gasteiger partial charge >= 0.3 is 6.09 Å². The summed E-state index contributed by atoms with van der Waals surface area (Å²) in [7, 11) is 0. The Morgan fingerprint density at radius 2 is 1.84 bits per heavy atom. The molecule has 2 heterocycles. The van der Waals surface area contributed by atoms with Crippen LogP contribution in [0.15, 0.2) is 18.2 Å². The standard InChI is InChI=1S/C23H33ClFN3O3/c1-23(2,3)31-22(30)28-13-9-16(10-14-28)21(29)26-15-19(27-11-4-5-12-27)20-17(24)7-6-8-18(20)25/h6-8,16,19H,4-5,9-15H2,1-3H3,(H,26,29). The molecular formula is C23H33ClFN3O3. The molecule has 0 saturated carbocycles. The second-order valence-corrected chi connectivity index (χ2v) is 9.79. The summed E-state index contributed by atoms with van der Waals surface area (Å²) >= 11 is 6.33. The van der Waals surface area contributed by atoms with Crippen molar-refractivity contribution >= 4 is 23.6 Å². The third-order valence-corrected chi connectivity index (χ3v) is 6.23. The summed E-state index contributed by atoms with van der Waals surface area (Å²) in [5.74, 6) is -0.571. The minimum atomic E-state index is -0.538. The predicted octanol–water partition coefficient (Wildman–Crippen LogP) is 4.38. The van der Waals surface area contributed by atoms with Crippen LogP contribution in [0.5, 0.6) is 0 Å². The maximum atomic E-state index is 14.6. The number of hydrogen-bond acceptors (Lipinski definition) is 4. The number of piperidine rings is 1. The summed E-state index contributed by atoms with van der Waals surface area (Å²) in [4.78, 5) is 28.9. The summed E-state index contributed by atoms with van der Waals surface area (Å²) in [5, 5.41) is 3.41. The zero-order valence-corrected chi connectivity index (χ0v) is 19.4. The van der Waals surface area contributed by atoms with Gasteiger partial charge in [-0.1, -0.05) is 17.7 Å². The maximum absolute atomic E-state index is 14.6. The van der Waals surface area contributed by atoms with Gasteiger partial charge in [-0.25, -0.2) is 9.18 Å². The van der Waals surface area contributed by atoms with Crippen LogP contribution in [0.2, 0.25) is 5.02 Å². The fraction of sp³-hybridized carbons (Fsp3) is 0.652. The molecule has 0 spiro atoms. The van der Waals surface area contributed by atoms with Crippen LogP contribution in [0.3, 0.4) is 0 Å². The monoisotopic (exact) mass is 453 g/mol. The van der Waals surface area contributed by atoms with Crippen molar-refractivity contribution in [2.75, 3.05) is 32.7 Å². The lowest BCUT2D eigenvalue weighted by Crippen LogP contribution is -2.46. The van der Waals surface area contributed by atoms with Crippen molar-refractivity contribution in [1.29, 1.82) is 0 Å². The molecule has 2 fully saturated rings. The van der Waals surface area contributed by atoms with Gasteiger partial charge in [-0.15, -0.1) is 0 Å². The van der Waals surface area contributed by atoms with Crippen molar-refractivity contribution < 1.29 is 18.7 Å². The minimum absolute atomic E-state index is 0.0551. The van der Waals surface area contributed by atoms with Crippen LogP contribution in [-0.4, -0.2) is 60.1 Å². The Labute approximate surface area is 189 Å². The molecule has 1 unspecified atom stereocenters. The van der Waals surface area contributed by atoms with E-state index in [1.165, 1.54) is 6.07 Å². The van der Waals surface area contributed by atoms with Crippen LogP contribution in [-0.2, 0) is 9.53 Å². The van der Waals surface area contributed by atoms with Crippen molar-refractivity contribution in [3.8, 4) is 0 Å². The van der Waals surface area contributed by atoms with E-state index in [2.05, 4.69) is 10.2 Å².